The molecule has 0 atom stereocenters. The maximum Gasteiger partial charge on any atom is 0.269 e. The summed E-state index contributed by atoms with van der Waals surface area (Å²) in [4.78, 5) is 10.2. The number of nitrogens with zero attached hydrogens (tertiary/aromatic N) is 2. The van der Waals surface area contributed by atoms with Gasteiger partial charge in [-0.25, -0.2) is 0 Å². The van der Waals surface area contributed by atoms with E-state index in [1.54, 1.807) is 25.3 Å². The van der Waals surface area contributed by atoms with Crippen molar-refractivity contribution < 1.29 is 14.4 Å². The summed E-state index contributed by atoms with van der Waals surface area (Å²) in [5.41, 5.74) is 1.56. The Kier molecular flexibility index (Phi) is 5.55. The third-order valence-electron chi connectivity index (χ3n) is 3.31. The number of nitro benzene ring substituents is 1. The highest BCUT2D eigenvalue weighted by atomic mass is 79.9. The topological polar surface area (TPSA) is 85.4 Å². The minimum atomic E-state index is -0.484. The number of non-ortho nitro benzene ring substituents is 1. The fourth-order valence-electron chi connectivity index (χ4n) is 2.10. The molecule has 6 nitrogen and oxygen atoms in total. The molecule has 0 aliphatic carbocycles. The van der Waals surface area contributed by atoms with Gasteiger partial charge < -0.3 is 9.47 Å². The van der Waals surface area contributed by atoms with Gasteiger partial charge in [-0.3, -0.25) is 10.1 Å². The van der Waals surface area contributed by atoms with Crippen molar-refractivity contribution in [1.29, 1.82) is 5.26 Å². The molecule has 0 N–H and O–H groups in total. The Hall–Kier alpha value is -2.85. The number of allylic oxidation sites excluding steroid dienone is 1. The van der Waals surface area contributed by atoms with Crippen molar-refractivity contribution in [3.63, 3.8) is 0 Å². The monoisotopic (exact) mass is 388 g/mol. The van der Waals surface area contributed by atoms with E-state index in [4.69, 9.17) is 9.47 Å². The van der Waals surface area contributed by atoms with E-state index in [0.717, 1.165) is 4.47 Å². The zero-order valence-electron chi connectivity index (χ0n) is 12.9. The highest BCUT2D eigenvalue weighted by Gasteiger charge is 2.11. The van der Waals surface area contributed by atoms with Crippen LogP contribution in [0.2, 0.25) is 0 Å². The van der Waals surface area contributed by atoms with Crippen molar-refractivity contribution in [2.45, 2.75) is 0 Å². The Labute approximate surface area is 147 Å². The molecule has 0 radical (unpaired) electrons. The molecule has 2 rings (SSSR count). The van der Waals surface area contributed by atoms with Crippen molar-refractivity contribution >= 4 is 33.3 Å². The summed E-state index contributed by atoms with van der Waals surface area (Å²) >= 11 is 3.38. The van der Waals surface area contributed by atoms with Gasteiger partial charge >= 0.3 is 0 Å². The molecule has 2 aromatic carbocycles. The van der Waals surface area contributed by atoms with E-state index in [-0.39, 0.29) is 5.69 Å². The van der Waals surface area contributed by atoms with Crippen LogP contribution in [0.3, 0.4) is 0 Å². The van der Waals surface area contributed by atoms with Gasteiger partial charge in [0.05, 0.1) is 35.3 Å². The molecule has 0 aliphatic heterocycles. The molecule has 0 fully saturated rings. The Morgan fingerprint density at radius 3 is 2.33 bits per heavy atom. The van der Waals surface area contributed by atoms with E-state index >= 15 is 0 Å². The summed E-state index contributed by atoms with van der Waals surface area (Å²) in [6.07, 6.45) is 1.65. The SMILES string of the molecule is COc1cc(/C=C(\C#N)c2ccc([N+](=O)[O-])cc2)c(OC)cc1Br. The maximum atomic E-state index is 10.7. The van der Waals surface area contributed by atoms with Crippen LogP contribution in [-0.2, 0) is 0 Å². The van der Waals surface area contributed by atoms with E-state index in [2.05, 4.69) is 22.0 Å². The Balaban J connectivity index is 2.51. The minimum Gasteiger partial charge on any atom is -0.496 e. The molecular weight excluding hydrogens is 376 g/mol. The number of halogens is 1. The Bertz CT molecular complexity index is 839. The van der Waals surface area contributed by atoms with Gasteiger partial charge in [0.15, 0.2) is 0 Å². The molecule has 0 saturated heterocycles. The largest absolute Gasteiger partial charge is 0.496 e. The fraction of sp³-hybridized carbons (Fsp3) is 0.118. The molecular formula is C17H13BrN2O4. The first-order chi connectivity index (χ1) is 11.5. The number of benzene rings is 2. The quantitative estimate of drug-likeness (QED) is 0.327. The molecule has 0 spiro atoms. The number of ether oxygens (including phenoxy) is 2. The van der Waals surface area contributed by atoms with Crippen molar-refractivity contribution in [3.8, 4) is 17.6 Å². The van der Waals surface area contributed by atoms with Crippen LogP contribution in [0, 0.1) is 21.4 Å². The van der Waals surface area contributed by atoms with Crippen LogP contribution in [-0.4, -0.2) is 19.1 Å². The van der Waals surface area contributed by atoms with Gasteiger partial charge in [-0.2, -0.15) is 5.26 Å². The smallest absolute Gasteiger partial charge is 0.269 e. The second-order valence-electron chi connectivity index (χ2n) is 4.70. The summed E-state index contributed by atoms with van der Waals surface area (Å²) in [7, 11) is 3.07. The lowest BCUT2D eigenvalue weighted by molar-refractivity contribution is -0.384. The second kappa shape index (κ2) is 7.62. The normalized spacial score (nSPS) is 10.8. The molecule has 0 aromatic heterocycles. The molecule has 24 heavy (non-hydrogen) atoms. The molecule has 0 aliphatic rings. The van der Waals surface area contributed by atoms with Gasteiger partial charge in [0.2, 0.25) is 0 Å². The Morgan fingerprint density at radius 1 is 1.21 bits per heavy atom. The van der Waals surface area contributed by atoms with E-state index in [1.165, 1.54) is 31.4 Å². The lowest BCUT2D eigenvalue weighted by Crippen LogP contribution is -1.92. The molecule has 7 heteroatoms. The zero-order chi connectivity index (χ0) is 17.7. The van der Waals surface area contributed by atoms with Crippen molar-refractivity contribution in [3.05, 3.63) is 62.1 Å². The number of rotatable bonds is 5. The summed E-state index contributed by atoms with van der Waals surface area (Å²) in [6, 6.07) is 11.4. The number of nitro groups is 1. The van der Waals surface area contributed by atoms with Crippen molar-refractivity contribution in [2.75, 3.05) is 14.2 Å². The van der Waals surface area contributed by atoms with Crippen LogP contribution in [0.4, 0.5) is 5.69 Å². The third kappa shape index (κ3) is 3.73. The van der Waals surface area contributed by atoms with Gasteiger partial charge in [0, 0.05) is 17.7 Å². The number of hydrogen-bond acceptors (Lipinski definition) is 5. The van der Waals surface area contributed by atoms with Crippen LogP contribution in [0.5, 0.6) is 11.5 Å². The van der Waals surface area contributed by atoms with Gasteiger partial charge in [0.25, 0.3) is 5.69 Å². The summed E-state index contributed by atoms with van der Waals surface area (Å²) < 4.78 is 11.3. The first kappa shape index (κ1) is 17.5. The predicted octanol–water partition coefficient (Wildman–Crippen LogP) is 4.44. The lowest BCUT2D eigenvalue weighted by atomic mass is 10.0. The first-order valence-corrected chi connectivity index (χ1v) is 7.57. The average Bonchev–Trinajstić information content (AvgIpc) is 2.60. The molecule has 0 unspecified atom stereocenters. The molecule has 0 bridgehead atoms. The van der Waals surface area contributed by atoms with E-state index < -0.39 is 4.92 Å². The van der Waals surface area contributed by atoms with Crippen LogP contribution in [0.25, 0.3) is 11.6 Å². The summed E-state index contributed by atoms with van der Waals surface area (Å²) in [6.45, 7) is 0. The van der Waals surface area contributed by atoms with Crippen molar-refractivity contribution in [1.82, 2.24) is 0 Å². The van der Waals surface area contributed by atoms with Crippen LogP contribution in [0.1, 0.15) is 11.1 Å². The van der Waals surface area contributed by atoms with Crippen molar-refractivity contribution in [2.24, 2.45) is 0 Å². The highest BCUT2D eigenvalue weighted by Crippen LogP contribution is 2.34. The Morgan fingerprint density at radius 2 is 1.83 bits per heavy atom. The number of methoxy groups -OCH3 is 2. The third-order valence-corrected chi connectivity index (χ3v) is 3.93. The standard InChI is InChI=1S/C17H13BrN2O4/c1-23-16-9-15(18)17(24-2)8-12(16)7-13(10-19)11-3-5-14(6-4-11)20(21)22/h3-9H,1-2H3/b13-7+. The van der Waals surface area contributed by atoms with Gasteiger partial charge in [-0.05, 0) is 51.8 Å². The van der Waals surface area contributed by atoms with E-state index in [0.29, 0.717) is 28.2 Å². The van der Waals surface area contributed by atoms with E-state index in [1.807, 2.05) is 0 Å². The molecule has 0 heterocycles. The molecule has 0 amide bonds. The fourth-order valence-corrected chi connectivity index (χ4v) is 2.58. The second-order valence-corrected chi connectivity index (χ2v) is 5.56. The molecule has 0 saturated carbocycles. The summed E-state index contributed by atoms with van der Waals surface area (Å²) in [5, 5.41) is 20.2. The zero-order valence-corrected chi connectivity index (χ0v) is 14.5. The maximum absolute atomic E-state index is 10.7. The van der Waals surface area contributed by atoms with Gasteiger partial charge in [0.1, 0.15) is 11.5 Å². The predicted molar refractivity (Wildman–Crippen MR) is 93.8 cm³/mol. The highest BCUT2D eigenvalue weighted by molar-refractivity contribution is 9.10. The number of nitriles is 1. The van der Waals surface area contributed by atoms with Gasteiger partial charge in [-0.15, -0.1) is 0 Å². The van der Waals surface area contributed by atoms with Gasteiger partial charge in [-0.1, -0.05) is 0 Å². The first-order valence-electron chi connectivity index (χ1n) is 6.78. The van der Waals surface area contributed by atoms with E-state index in [9.17, 15) is 15.4 Å². The van der Waals surface area contributed by atoms with Crippen LogP contribution >= 0.6 is 15.9 Å². The van der Waals surface area contributed by atoms with Crippen LogP contribution < -0.4 is 9.47 Å². The van der Waals surface area contributed by atoms with Crippen LogP contribution in [0.15, 0.2) is 40.9 Å². The molecule has 2 aromatic rings. The average molecular weight is 389 g/mol. The number of hydrogen-bond donors (Lipinski definition) is 0. The lowest BCUT2D eigenvalue weighted by Gasteiger charge is -2.10. The summed E-state index contributed by atoms with van der Waals surface area (Å²) in [5.74, 6) is 1.17. The minimum absolute atomic E-state index is 0.0288. The molecule has 122 valence electrons.